The third-order valence-corrected chi connectivity index (χ3v) is 3.66. The molecule has 116 valence electrons. The zero-order valence-corrected chi connectivity index (χ0v) is 13.9. The Bertz CT molecular complexity index is 575. The van der Waals surface area contributed by atoms with Crippen molar-refractivity contribution in [2.75, 3.05) is 6.61 Å². The molecule has 0 aliphatic rings. The number of hydrogen-bond donors (Lipinski definition) is 1. The van der Waals surface area contributed by atoms with E-state index in [4.69, 9.17) is 4.74 Å². The first kappa shape index (κ1) is 16.6. The molecule has 2 aromatic carbocycles. The highest BCUT2D eigenvalue weighted by atomic mass is 32.1. The van der Waals surface area contributed by atoms with Gasteiger partial charge in [-0.3, -0.25) is 4.99 Å². The lowest BCUT2D eigenvalue weighted by atomic mass is 10.2. The predicted octanol–water partition coefficient (Wildman–Crippen LogP) is 5.69. The van der Waals surface area contributed by atoms with Gasteiger partial charge in [-0.15, -0.1) is 12.6 Å². The summed E-state index contributed by atoms with van der Waals surface area (Å²) in [5, 5.41) is 0. The molecular formula is C19H23NOS. The smallest absolute Gasteiger partial charge is 0.119 e. The minimum atomic E-state index is 0.795. The monoisotopic (exact) mass is 313 g/mol. The van der Waals surface area contributed by atoms with Crippen LogP contribution in [0.3, 0.4) is 0 Å². The van der Waals surface area contributed by atoms with E-state index in [1.165, 1.54) is 19.3 Å². The molecule has 0 radical (unpaired) electrons. The maximum absolute atomic E-state index is 5.73. The van der Waals surface area contributed by atoms with Gasteiger partial charge in [0.2, 0.25) is 0 Å². The van der Waals surface area contributed by atoms with Crippen LogP contribution in [-0.2, 0) is 0 Å². The van der Waals surface area contributed by atoms with E-state index in [0.29, 0.717) is 0 Å². The average Bonchev–Trinajstić information content (AvgIpc) is 2.55. The van der Waals surface area contributed by atoms with Crippen LogP contribution >= 0.6 is 12.6 Å². The summed E-state index contributed by atoms with van der Waals surface area (Å²) in [4.78, 5) is 5.39. The molecule has 0 aliphatic heterocycles. The second-order valence-electron chi connectivity index (χ2n) is 5.25. The van der Waals surface area contributed by atoms with E-state index in [9.17, 15) is 0 Å². The number of aliphatic imine (C=N–C) groups is 1. The molecule has 0 amide bonds. The van der Waals surface area contributed by atoms with E-state index in [2.05, 4.69) is 24.5 Å². The van der Waals surface area contributed by atoms with Gasteiger partial charge < -0.3 is 4.74 Å². The van der Waals surface area contributed by atoms with E-state index < -0.39 is 0 Å². The van der Waals surface area contributed by atoms with Gasteiger partial charge in [0, 0.05) is 11.1 Å². The standard InChI is InChI=1S/C19H23NOS/c1-2-3-4-5-14-21-18-10-6-16(7-11-18)15-20-17-8-12-19(22)13-9-17/h6-13,15,22H,2-5,14H2,1H3. The topological polar surface area (TPSA) is 21.6 Å². The summed E-state index contributed by atoms with van der Waals surface area (Å²) in [6, 6.07) is 15.8. The van der Waals surface area contributed by atoms with Crippen LogP contribution in [0, 0.1) is 0 Å². The Morgan fingerprint density at radius 2 is 1.68 bits per heavy atom. The number of rotatable bonds is 8. The number of unbranched alkanes of at least 4 members (excludes halogenated alkanes) is 3. The summed E-state index contributed by atoms with van der Waals surface area (Å²) in [7, 11) is 0. The minimum absolute atomic E-state index is 0.795. The highest BCUT2D eigenvalue weighted by Gasteiger charge is 1.95. The summed E-state index contributed by atoms with van der Waals surface area (Å²) < 4.78 is 5.73. The summed E-state index contributed by atoms with van der Waals surface area (Å²) in [6.45, 7) is 3.01. The highest BCUT2D eigenvalue weighted by molar-refractivity contribution is 7.80. The first-order chi connectivity index (χ1) is 10.8. The van der Waals surface area contributed by atoms with E-state index in [1.54, 1.807) is 0 Å². The van der Waals surface area contributed by atoms with Gasteiger partial charge in [0.1, 0.15) is 5.75 Å². The second-order valence-corrected chi connectivity index (χ2v) is 5.77. The summed E-state index contributed by atoms with van der Waals surface area (Å²) in [5.41, 5.74) is 1.99. The molecule has 2 rings (SSSR count). The van der Waals surface area contributed by atoms with Crippen molar-refractivity contribution in [3.05, 3.63) is 54.1 Å². The van der Waals surface area contributed by atoms with Crippen molar-refractivity contribution in [3.63, 3.8) is 0 Å². The lowest BCUT2D eigenvalue weighted by molar-refractivity contribution is 0.305. The van der Waals surface area contributed by atoms with Gasteiger partial charge in [-0.2, -0.15) is 0 Å². The van der Waals surface area contributed by atoms with Crippen molar-refractivity contribution in [2.45, 2.75) is 37.5 Å². The highest BCUT2D eigenvalue weighted by Crippen LogP contribution is 2.16. The molecule has 2 aromatic rings. The molecule has 3 heteroatoms. The third kappa shape index (κ3) is 5.94. The lowest BCUT2D eigenvalue weighted by Gasteiger charge is -2.05. The molecule has 0 aliphatic carbocycles. The Morgan fingerprint density at radius 3 is 2.36 bits per heavy atom. The first-order valence-corrected chi connectivity index (χ1v) is 8.28. The van der Waals surface area contributed by atoms with Crippen LogP contribution in [0.25, 0.3) is 0 Å². The fourth-order valence-corrected chi connectivity index (χ4v) is 2.21. The van der Waals surface area contributed by atoms with Crippen LogP contribution in [-0.4, -0.2) is 12.8 Å². The molecule has 0 N–H and O–H groups in total. The fourth-order valence-electron chi connectivity index (χ4n) is 2.06. The summed E-state index contributed by atoms with van der Waals surface area (Å²) in [5.74, 6) is 0.924. The SMILES string of the molecule is CCCCCCOc1ccc(C=Nc2ccc(S)cc2)cc1. The molecule has 0 atom stereocenters. The van der Waals surface area contributed by atoms with Crippen LogP contribution < -0.4 is 4.74 Å². The second kappa shape index (κ2) is 9.31. The molecule has 0 aromatic heterocycles. The predicted molar refractivity (Wildman–Crippen MR) is 97.0 cm³/mol. The molecule has 0 unspecified atom stereocenters. The Balaban J connectivity index is 1.82. The number of nitrogens with zero attached hydrogens (tertiary/aromatic N) is 1. The minimum Gasteiger partial charge on any atom is -0.494 e. The van der Waals surface area contributed by atoms with Gasteiger partial charge in [-0.1, -0.05) is 26.2 Å². The maximum Gasteiger partial charge on any atom is 0.119 e. The molecule has 0 spiro atoms. The summed E-state index contributed by atoms with van der Waals surface area (Å²) in [6.07, 6.45) is 6.76. The molecule has 2 nitrogen and oxygen atoms in total. The third-order valence-electron chi connectivity index (χ3n) is 3.36. The van der Waals surface area contributed by atoms with Crippen LogP contribution in [0.15, 0.2) is 58.4 Å². The molecule has 0 saturated heterocycles. The quantitative estimate of drug-likeness (QED) is 0.377. The fraction of sp³-hybridized carbons (Fsp3) is 0.316. The average molecular weight is 313 g/mol. The zero-order valence-electron chi connectivity index (χ0n) is 13.0. The van der Waals surface area contributed by atoms with Crippen molar-refractivity contribution >= 4 is 24.5 Å². The van der Waals surface area contributed by atoms with E-state index in [-0.39, 0.29) is 0 Å². The van der Waals surface area contributed by atoms with Crippen LogP contribution in [0.2, 0.25) is 0 Å². The van der Waals surface area contributed by atoms with Crippen LogP contribution in [0.5, 0.6) is 5.75 Å². The number of hydrogen-bond acceptors (Lipinski definition) is 3. The van der Waals surface area contributed by atoms with Crippen LogP contribution in [0.1, 0.15) is 38.2 Å². The number of thiol groups is 1. The van der Waals surface area contributed by atoms with E-state index >= 15 is 0 Å². The Morgan fingerprint density at radius 1 is 0.955 bits per heavy atom. The molecule has 0 fully saturated rings. The van der Waals surface area contributed by atoms with Crippen molar-refractivity contribution in [2.24, 2.45) is 4.99 Å². The Kier molecular flexibility index (Phi) is 7.04. The molecule has 0 heterocycles. The lowest BCUT2D eigenvalue weighted by Crippen LogP contribution is -1.97. The van der Waals surface area contributed by atoms with Gasteiger partial charge in [0.15, 0.2) is 0 Å². The maximum atomic E-state index is 5.73. The number of ether oxygens (including phenoxy) is 1. The Labute approximate surface area is 138 Å². The van der Waals surface area contributed by atoms with E-state index in [0.717, 1.165) is 34.9 Å². The van der Waals surface area contributed by atoms with Crippen molar-refractivity contribution in [1.82, 2.24) is 0 Å². The number of benzene rings is 2. The van der Waals surface area contributed by atoms with Crippen molar-refractivity contribution in [1.29, 1.82) is 0 Å². The van der Waals surface area contributed by atoms with Gasteiger partial charge in [-0.25, -0.2) is 0 Å². The van der Waals surface area contributed by atoms with Gasteiger partial charge in [0.05, 0.1) is 12.3 Å². The normalized spacial score (nSPS) is 11.0. The van der Waals surface area contributed by atoms with Crippen molar-refractivity contribution < 1.29 is 4.74 Å². The molecular weight excluding hydrogens is 290 g/mol. The van der Waals surface area contributed by atoms with Crippen LogP contribution in [0.4, 0.5) is 5.69 Å². The molecule has 0 bridgehead atoms. The summed E-state index contributed by atoms with van der Waals surface area (Å²) >= 11 is 4.26. The van der Waals surface area contributed by atoms with Gasteiger partial charge >= 0.3 is 0 Å². The Hall–Kier alpha value is -1.74. The molecule has 22 heavy (non-hydrogen) atoms. The first-order valence-electron chi connectivity index (χ1n) is 7.84. The van der Waals surface area contributed by atoms with Crippen molar-refractivity contribution in [3.8, 4) is 5.75 Å². The van der Waals surface area contributed by atoms with Gasteiger partial charge in [-0.05, 0) is 60.5 Å². The zero-order chi connectivity index (χ0) is 15.6. The van der Waals surface area contributed by atoms with E-state index in [1.807, 2.05) is 54.7 Å². The van der Waals surface area contributed by atoms with Gasteiger partial charge in [0.25, 0.3) is 0 Å². The largest absolute Gasteiger partial charge is 0.494 e. The molecule has 0 saturated carbocycles.